The maximum Gasteiger partial charge on any atom is 1.00 e. The van der Waals surface area contributed by atoms with Crippen molar-refractivity contribution in [1.82, 2.24) is 4.90 Å². The summed E-state index contributed by atoms with van der Waals surface area (Å²) in [6.45, 7) is 6.93. The van der Waals surface area contributed by atoms with E-state index >= 15 is 0 Å². The van der Waals surface area contributed by atoms with Crippen LogP contribution in [0.4, 0.5) is 0 Å². The molecular formula is C11H22LiN2S2+. The molecule has 0 aromatic rings. The van der Waals surface area contributed by atoms with Gasteiger partial charge in [-0.25, -0.2) is 0 Å². The zero-order chi connectivity index (χ0) is 11.6. The van der Waals surface area contributed by atoms with Crippen LogP contribution in [-0.2, 0) is 0 Å². The zero-order valence-electron chi connectivity index (χ0n) is 11.6. The fourth-order valence-electron chi connectivity index (χ4n) is 2.44. The number of hydrogen-bond acceptors (Lipinski definition) is 3. The Bertz CT molecular complexity index is 263. The van der Waals surface area contributed by atoms with Crippen molar-refractivity contribution in [3.8, 4) is 0 Å². The van der Waals surface area contributed by atoms with E-state index in [-0.39, 0.29) is 24.3 Å². The minimum Gasteiger partial charge on any atom is -0.340 e. The second-order valence-electron chi connectivity index (χ2n) is 4.49. The van der Waals surface area contributed by atoms with E-state index in [2.05, 4.69) is 49.9 Å². The van der Waals surface area contributed by atoms with Gasteiger partial charge in [0, 0.05) is 0 Å². The third-order valence-electron chi connectivity index (χ3n) is 2.93. The predicted molar refractivity (Wildman–Crippen MR) is 72.7 cm³/mol. The van der Waals surface area contributed by atoms with E-state index < -0.39 is 0 Å². The van der Waals surface area contributed by atoms with Gasteiger partial charge in [-0.2, -0.15) is 4.58 Å². The maximum atomic E-state index is 2.38. The van der Waals surface area contributed by atoms with E-state index in [4.69, 9.17) is 0 Å². The molecule has 0 bridgehead atoms. The molecule has 0 N–H and O–H groups in total. The van der Waals surface area contributed by atoms with E-state index in [1.807, 2.05) is 23.5 Å². The molecule has 88 valence electrons. The summed E-state index contributed by atoms with van der Waals surface area (Å²) in [6.07, 6.45) is 4.34. The van der Waals surface area contributed by atoms with Gasteiger partial charge in [0.15, 0.2) is 0 Å². The average molecular weight is 253 g/mol. The summed E-state index contributed by atoms with van der Waals surface area (Å²) in [7, 11) is 4.39. The molecule has 0 aromatic heterocycles. The summed E-state index contributed by atoms with van der Waals surface area (Å²) < 4.78 is 3.87. The zero-order valence-corrected chi connectivity index (χ0v) is 13.3. The van der Waals surface area contributed by atoms with Crippen molar-refractivity contribution in [2.45, 2.75) is 13.8 Å². The standard InChI is InChI=1S/C11H22N2S2.Li/c1-11(2,10(14-5)15-6)9-12(3)7-8-13(9)4;/h7-8H2,1-6H3;/q;+1. The first-order chi connectivity index (χ1) is 6.95. The molecule has 2 nitrogen and oxygen atoms in total. The van der Waals surface area contributed by atoms with Crippen LogP contribution in [0.5, 0.6) is 0 Å². The van der Waals surface area contributed by atoms with E-state index in [9.17, 15) is 0 Å². The van der Waals surface area contributed by atoms with Crippen LogP contribution < -0.4 is 18.9 Å². The van der Waals surface area contributed by atoms with Gasteiger partial charge in [0.05, 0.1) is 14.1 Å². The van der Waals surface area contributed by atoms with Crippen LogP contribution in [0.1, 0.15) is 13.8 Å². The van der Waals surface area contributed by atoms with Crippen LogP contribution in [0.15, 0.2) is 0 Å². The Kier molecular flexibility index (Phi) is 6.95. The smallest absolute Gasteiger partial charge is 0.340 e. The van der Waals surface area contributed by atoms with Gasteiger partial charge in [0.25, 0.3) is 0 Å². The summed E-state index contributed by atoms with van der Waals surface area (Å²) in [5.41, 5.74) is 0.152. The molecule has 0 saturated heterocycles. The van der Waals surface area contributed by atoms with Crippen molar-refractivity contribution in [2.24, 2.45) is 5.41 Å². The predicted octanol–water partition coefficient (Wildman–Crippen LogP) is -0.782. The minimum absolute atomic E-state index is 0. The van der Waals surface area contributed by atoms with Crippen LogP contribution in [0, 0.1) is 10.00 Å². The third kappa shape index (κ3) is 3.16. The molecule has 0 spiro atoms. The van der Waals surface area contributed by atoms with E-state index in [0.717, 1.165) is 13.1 Å². The summed E-state index contributed by atoms with van der Waals surface area (Å²) in [5.74, 6) is 1.45. The SMILES string of the molecule is CS[C-](SC)C(C)(C)C1=[N+](C)CCN1C.[Li+]. The topological polar surface area (TPSA) is 6.25 Å². The van der Waals surface area contributed by atoms with Crippen LogP contribution in [-0.4, -0.2) is 55.0 Å². The Morgan fingerprint density at radius 3 is 2.12 bits per heavy atom. The molecule has 0 aliphatic carbocycles. The molecule has 0 fully saturated rings. The average Bonchev–Trinajstić information content (AvgIpc) is 2.48. The van der Waals surface area contributed by atoms with E-state index in [0.29, 0.717) is 0 Å². The van der Waals surface area contributed by atoms with Gasteiger partial charge in [0.1, 0.15) is 13.1 Å². The summed E-state index contributed by atoms with van der Waals surface area (Å²) in [4.78, 5) is 2.38. The summed E-state index contributed by atoms with van der Waals surface area (Å²) >= 11 is 3.75. The van der Waals surface area contributed by atoms with Gasteiger partial charge in [-0.1, -0.05) is 13.8 Å². The molecule has 1 aliphatic heterocycles. The molecule has 0 atom stereocenters. The first kappa shape index (κ1) is 16.8. The van der Waals surface area contributed by atoms with Crippen LogP contribution in [0.3, 0.4) is 0 Å². The number of hydrogen-bond donors (Lipinski definition) is 0. The van der Waals surface area contributed by atoms with Crippen molar-refractivity contribution < 1.29 is 23.4 Å². The van der Waals surface area contributed by atoms with Crippen molar-refractivity contribution >= 4 is 29.4 Å². The number of thioether (sulfide) groups is 2. The number of likely N-dealkylation sites (N-methyl/N-ethyl adjacent to an activating group) is 2. The molecule has 1 heterocycles. The molecule has 0 saturated carbocycles. The van der Waals surface area contributed by atoms with Crippen LogP contribution in [0.25, 0.3) is 0 Å². The van der Waals surface area contributed by atoms with Gasteiger partial charge in [-0.05, 0) is 17.9 Å². The number of rotatable bonds is 4. The molecule has 1 rings (SSSR count). The quantitative estimate of drug-likeness (QED) is 0.369. The molecule has 5 heteroatoms. The second-order valence-corrected chi connectivity index (χ2v) is 6.38. The Morgan fingerprint density at radius 1 is 1.31 bits per heavy atom. The first-order valence-electron chi connectivity index (χ1n) is 5.20. The van der Waals surface area contributed by atoms with Crippen molar-refractivity contribution in [2.75, 3.05) is 39.7 Å². The van der Waals surface area contributed by atoms with E-state index in [1.54, 1.807) is 0 Å². The molecule has 16 heavy (non-hydrogen) atoms. The maximum absolute atomic E-state index is 2.38. The van der Waals surface area contributed by atoms with Crippen molar-refractivity contribution in [3.05, 3.63) is 4.58 Å². The molecule has 0 unspecified atom stereocenters. The molecule has 0 radical (unpaired) electrons. The Hall–Kier alpha value is 0.767. The molecule has 1 aliphatic rings. The Morgan fingerprint density at radius 2 is 1.81 bits per heavy atom. The minimum atomic E-state index is 0. The molecule has 0 amide bonds. The summed E-state index contributed by atoms with van der Waals surface area (Å²) in [6, 6.07) is 0. The van der Waals surface area contributed by atoms with Gasteiger partial charge >= 0.3 is 18.9 Å². The van der Waals surface area contributed by atoms with E-state index in [1.165, 1.54) is 10.4 Å². The molecule has 0 aromatic carbocycles. The van der Waals surface area contributed by atoms with Gasteiger partial charge in [0.2, 0.25) is 5.84 Å². The second kappa shape index (κ2) is 6.63. The van der Waals surface area contributed by atoms with Gasteiger partial charge in [-0.15, -0.1) is 0 Å². The third-order valence-corrected chi connectivity index (χ3v) is 5.70. The molecular weight excluding hydrogens is 231 g/mol. The monoisotopic (exact) mass is 253 g/mol. The Balaban J connectivity index is 0.00000225. The normalized spacial score (nSPS) is 17.1. The van der Waals surface area contributed by atoms with Crippen LogP contribution in [0.2, 0.25) is 0 Å². The summed E-state index contributed by atoms with van der Waals surface area (Å²) in [5, 5.41) is 0. The van der Waals surface area contributed by atoms with Crippen molar-refractivity contribution in [1.29, 1.82) is 0 Å². The van der Waals surface area contributed by atoms with Gasteiger partial charge in [-0.3, -0.25) is 9.48 Å². The van der Waals surface area contributed by atoms with Crippen LogP contribution >= 0.6 is 23.5 Å². The number of nitrogens with zero attached hydrogens (tertiary/aromatic N) is 2. The Labute approximate surface area is 121 Å². The van der Waals surface area contributed by atoms with Gasteiger partial charge < -0.3 is 23.5 Å². The fraction of sp³-hybridized carbons (Fsp3) is 0.818. The first-order valence-corrected chi connectivity index (χ1v) is 7.65. The van der Waals surface area contributed by atoms with Crippen molar-refractivity contribution in [3.63, 3.8) is 0 Å². The number of amidine groups is 1. The fourth-order valence-corrected chi connectivity index (χ4v) is 4.31. The largest absolute Gasteiger partial charge is 1.00 e.